The maximum Gasteiger partial charge on any atom is 0.0122 e. The third-order valence-electron chi connectivity index (χ3n) is 3.00. The second kappa shape index (κ2) is 4.14. The molecule has 1 fully saturated rings. The Hall–Kier alpha value is -0.500. The van der Waals surface area contributed by atoms with Gasteiger partial charge in [0.25, 0.3) is 0 Å². The van der Waals surface area contributed by atoms with Crippen molar-refractivity contribution in [2.75, 3.05) is 27.2 Å². The van der Waals surface area contributed by atoms with E-state index in [0.29, 0.717) is 12.0 Å². The molecule has 1 saturated heterocycles. The van der Waals surface area contributed by atoms with Crippen LogP contribution in [0.15, 0.2) is 12.3 Å². The summed E-state index contributed by atoms with van der Waals surface area (Å²) in [5, 5.41) is 0. The highest BCUT2D eigenvalue weighted by molar-refractivity contribution is 5.02. The first-order valence-corrected chi connectivity index (χ1v) is 5.12. The number of rotatable bonds is 3. The van der Waals surface area contributed by atoms with Gasteiger partial charge in [-0.25, -0.2) is 0 Å². The van der Waals surface area contributed by atoms with Gasteiger partial charge in [-0.1, -0.05) is 6.58 Å². The molecule has 0 amide bonds. The molecule has 0 radical (unpaired) electrons. The zero-order valence-corrected chi connectivity index (χ0v) is 9.38. The smallest absolute Gasteiger partial charge is 0.0122 e. The average Bonchev–Trinajstić information content (AvgIpc) is 2.50. The predicted molar refractivity (Wildman–Crippen MR) is 57.6 cm³/mol. The molecule has 1 aliphatic rings. The van der Waals surface area contributed by atoms with Crippen molar-refractivity contribution >= 4 is 0 Å². The van der Waals surface area contributed by atoms with E-state index >= 15 is 0 Å². The molecule has 1 rings (SSSR count). The minimum Gasteiger partial charge on any atom is -0.381 e. The lowest BCUT2D eigenvalue weighted by Crippen LogP contribution is -2.29. The zero-order chi connectivity index (χ0) is 10.0. The molecule has 0 aromatic heterocycles. The molecule has 0 saturated carbocycles. The SMILES string of the molecule is C=C(C1CCN(C(C)C)C1)N(C)C. The van der Waals surface area contributed by atoms with Crippen LogP contribution >= 0.6 is 0 Å². The van der Waals surface area contributed by atoms with E-state index in [4.69, 9.17) is 0 Å². The Bertz CT molecular complexity index is 185. The standard InChI is InChI=1S/C11H22N2/c1-9(2)13-7-6-11(8-13)10(3)12(4)5/h9,11H,3,6-8H2,1-2,4-5H3. The van der Waals surface area contributed by atoms with Crippen molar-refractivity contribution in [1.29, 1.82) is 0 Å². The molecule has 0 aromatic rings. The predicted octanol–water partition coefficient (Wildman–Crippen LogP) is 1.79. The highest BCUT2D eigenvalue weighted by Gasteiger charge is 2.26. The molecular formula is C11H22N2. The average molecular weight is 182 g/mol. The first kappa shape index (κ1) is 10.6. The lowest BCUT2D eigenvalue weighted by Gasteiger charge is -2.24. The summed E-state index contributed by atoms with van der Waals surface area (Å²) in [7, 11) is 4.17. The van der Waals surface area contributed by atoms with Gasteiger partial charge in [0.15, 0.2) is 0 Å². The van der Waals surface area contributed by atoms with Gasteiger partial charge in [0.2, 0.25) is 0 Å². The summed E-state index contributed by atoms with van der Waals surface area (Å²) in [4.78, 5) is 4.67. The van der Waals surface area contributed by atoms with Gasteiger partial charge in [0, 0.05) is 38.3 Å². The number of hydrogen-bond acceptors (Lipinski definition) is 2. The van der Waals surface area contributed by atoms with E-state index in [0.717, 1.165) is 0 Å². The molecule has 0 bridgehead atoms. The van der Waals surface area contributed by atoms with Crippen LogP contribution in [0, 0.1) is 5.92 Å². The van der Waals surface area contributed by atoms with Gasteiger partial charge in [0.05, 0.1) is 0 Å². The Labute approximate surface area is 82.2 Å². The normalized spacial score (nSPS) is 23.9. The van der Waals surface area contributed by atoms with Crippen molar-refractivity contribution in [3.63, 3.8) is 0 Å². The topological polar surface area (TPSA) is 6.48 Å². The monoisotopic (exact) mass is 182 g/mol. The van der Waals surface area contributed by atoms with Crippen LogP contribution in [-0.2, 0) is 0 Å². The molecule has 1 unspecified atom stereocenters. The van der Waals surface area contributed by atoms with E-state index < -0.39 is 0 Å². The summed E-state index contributed by atoms with van der Waals surface area (Å²) in [6.45, 7) is 11.1. The van der Waals surface area contributed by atoms with Crippen molar-refractivity contribution in [3.8, 4) is 0 Å². The highest BCUT2D eigenvalue weighted by atomic mass is 15.2. The van der Waals surface area contributed by atoms with Crippen molar-refractivity contribution in [3.05, 3.63) is 12.3 Å². The Kier molecular flexibility index (Phi) is 3.37. The molecule has 0 aliphatic carbocycles. The van der Waals surface area contributed by atoms with E-state index in [1.807, 2.05) is 0 Å². The van der Waals surface area contributed by atoms with Crippen LogP contribution in [0.25, 0.3) is 0 Å². The molecule has 2 nitrogen and oxygen atoms in total. The number of likely N-dealkylation sites (tertiary alicyclic amines) is 1. The van der Waals surface area contributed by atoms with E-state index in [1.54, 1.807) is 0 Å². The Balaban J connectivity index is 2.45. The summed E-state index contributed by atoms with van der Waals surface area (Å²) >= 11 is 0. The van der Waals surface area contributed by atoms with Crippen molar-refractivity contribution in [1.82, 2.24) is 9.80 Å². The third kappa shape index (κ3) is 2.47. The van der Waals surface area contributed by atoms with Crippen LogP contribution in [0.4, 0.5) is 0 Å². The van der Waals surface area contributed by atoms with Gasteiger partial charge in [0.1, 0.15) is 0 Å². The molecule has 1 atom stereocenters. The molecule has 0 spiro atoms. The fourth-order valence-corrected chi connectivity index (χ4v) is 1.89. The summed E-state index contributed by atoms with van der Waals surface area (Å²) in [6, 6.07) is 0.681. The van der Waals surface area contributed by atoms with Crippen LogP contribution in [-0.4, -0.2) is 43.0 Å². The lowest BCUT2D eigenvalue weighted by molar-refractivity contribution is 0.264. The molecule has 1 heterocycles. The molecule has 1 aliphatic heterocycles. The van der Waals surface area contributed by atoms with Crippen LogP contribution in [0.2, 0.25) is 0 Å². The molecule has 2 heteroatoms. The molecule has 0 N–H and O–H groups in total. The Morgan fingerprint density at radius 2 is 2.08 bits per heavy atom. The van der Waals surface area contributed by atoms with Crippen molar-refractivity contribution < 1.29 is 0 Å². The summed E-state index contributed by atoms with van der Waals surface area (Å²) in [5.74, 6) is 0.678. The summed E-state index contributed by atoms with van der Waals surface area (Å²) in [6.07, 6.45) is 1.27. The second-order valence-electron chi connectivity index (χ2n) is 4.46. The number of hydrogen-bond donors (Lipinski definition) is 0. The van der Waals surface area contributed by atoms with E-state index in [-0.39, 0.29) is 0 Å². The van der Waals surface area contributed by atoms with E-state index in [1.165, 1.54) is 25.2 Å². The Morgan fingerprint density at radius 1 is 1.46 bits per heavy atom. The summed E-state index contributed by atoms with van der Waals surface area (Å²) in [5.41, 5.74) is 1.28. The first-order chi connectivity index (χ1) is 6.02. The van der Waals surface area contributed by atoms with Crippen LogP contribution in [0.1, 0.15) is 20.3 Å². The van der Waals surface area contributed by atoms with E-state index in [9.17, 15) is 0 Å². The highest BCUT2D eigenvalue weighted by Crippen LogP contribution is 2.24. The fourth-order valence-electron chi connectivity index (χ4n) is 1.89. The van der Waals surface area contributed by atoms with Crippen LogP contribution in [0.5, 0.6) is 0 Å². The van der Waals surface area contributed by atoms with Crippen LogP contribution < -0.4 is 0 Å². The van der Waals surface area contributed by atoms with Crippen molar-refractivity contribution in [2.24, 2.45) is 5.92 Å². The first-order valence-electron chi connectivity index (χ1n) is 5.12. The zero-order valence-electron chi connectivity index (χ0n) is 9.38. The fraction of sp³-hybridized carbons (Fsp3) is 0.818. The minimum absolute atomic E-state index is 0.678. The maximum atomic E-state index is 4.13. The lowest BCUT2D eigenvalue weighted by atomic mass is 10.1. The quantitative estimate of drug-likeness (QED) is 0.656. The van der Waals surface area contributed by atoms with Crippen LogP contribution in [0.3, 0.4) is 0 Å². The van der Waals surface area contributed by atoms with Gasteiger partial charge in [-0.2, -0.15) is 0 Å². The minimum atomic E-state index is 0.678. The van der Waals surface area contributed by atoms with Gasteiger partial charge in [-0.05, 0) is 26.8 Å². The molecule has 13 heavy (non-hydrogen) atoms. The Morgan fingerprint density at radius 3 is 2.46 bits per heavy atom. The van der Waals surface area contributed by atoms with Gasteiger partial charge in [-0.15, -0.1) is 0 Å². The molecular weight excluding hydrogens is 160 g/mol. The van der Waals surface area contributed by atoms with Gasteiger partial charge < -0.3 is 9.80 Å². The van der Waals surface area contributed by atoms with Gasteiger partial charge >= 0.3 is 0 Å². The molecule has 76 valence electrons. The third-order valence-corrected chi connectivity index (χ3v) is 3.00. The summed E-state index contributed by atoms with van der Waals surface area (Å²) < 4.78 is 0. The maximum absolute atomic E-state index is 4.13. The van der Waals surface area contributed by atoms with Crippen molar-refractivity contribution in [2.45, 2.75) is 26.3 Å². The van der Waals surface area contributed by atoms with Gasteiger partial charge in [-0.3, -0.25) is 0 Å². The largest absolute Gasteiger partial charge is 0.381 e. The number of nitrogens with zero attached hydrogens (tertiary/aromatic N) is 2. The molecule has 0 aromatic carbocycles. The second-order valence-corrected chi connectivity index (χ2v) is 4.46. The van der Waals surface area contributed by atoms with E-state index in [2.05, 4.69) is 44.3 Å².